The maximum atomic E-state index is 12.4. The van der Waals surface area contributed by atoms with E-state index in [2.05, 4.69) is 9.97 Å². The number of thiophene rings is 1. The number of H-pyrrole nitrogens is 1. The van der Waals surface area contributed by atoms with Crippen molar-refractivity contribution in [3.05, 3.63) is 50.4 Å². The third-order valence-electron chi connectivity index (χ3n) is 4.58. The van der Waals surface area contributed by atoms with Crippen LogP contribution < -0.4 is 15.0 Å². The summed E-state index contributed by atoms with van der Waals surface area (Å²) in [7, 11) is 3.02. The van der Waals surface area contributed by atoms with Crippen molar-refractivity contribution in [2.75, 3.05) is 14.2 Å². The van der Waals surface area contributed by atoms with Crippen LogP contribution in [0.3, 0.4) is 0 Å². The van der Waals surface area contributed by atoms with Crippen LogP contribution in [0.25, 0.3) is 10.2 Å². The molecule has 140 valence electrons. The smallest absolute Gasteiger partial charge is 0.338 e. The molecule has 27 heavy (non-hydrogen) atoms. The average Bonchev–Trinajstić information content (AvgIpc) is 3.26. The first kappa shape index (κ1) is 17.5. The Morgan fingerprint density at radius 3 is 2.81 bits per heavy atom. The predicted octanol–water partition coefficient (Wildman–Crippen LogP) is 2.85. The summed E-state index contributed by atoms with van der Waals surface area (Å²) in [5, 5.41) is 0.683. The van der Waals surface area contributed by atoms with Gasteiger partial charge in [0.2, 0.25) is 0 Å². The van der Waals surface area contributed by atoms with Gasteiger partial charge in [0.05, 0.1) is 25.2 Å². The van der Waals surface area contributed by atoms with Crippen LogP contribution in [0.4, 0.5) is 0 Å². The molecule has 0 spiro atoms. The number of carbonyl (C=O) groups excluding carboxylic acids is 1. The average molecular weight is 386 g/mol. The number of carbonyl (C=O) groups is 1. The minimum Gasteiger partial charge on any atom is -0.493 e. The fourth-order valence-corrected chi connectivity index (χ4v) is 4.58. The van der Waals surface area contributed by atoms with Crippen molar-refractivity contribution < 1.29 is 19.0 Å². The van der Waals surface area contributed by atoms with E-state index < -0.39 is 5.97 Å². The molecule has 0 atom stereocenters. The Hall–Kier alpha value is -2.87. The first-order chi connectivity index (χ1) is 13.1. The lowest BCUT2D eigenvalue weighted by Gasteiger charge is -2.09. The van der Waals surface area contributed by atoms with Gasteiger partial charge in [0.15, 0.2) is 11.5 Å². The van der Waals surface area contributed by atoms with Crippen LogP contribution in [0.5, 0.6) is 11.5 Å². The molecule has 0 fully saturated rings. The molecule has 1 aliphatic rings. The number of hydrogen-bond acceptors (Lipinski definition) is 7. The number of aromatic amines is 1. The summed E-state index contributed by atoms with van der Waals surface area (Å²) in [5.41, 5.74) is 1.28. The number of nitrogens with zero attached hydrogens (tertiary/aromatic N) is 1. The molecule has 0 aliphatic heterocycles. The summed E-state index contributed by atoms with van der Waals surface area (Å²) in [5.74, 6) is 0.762. The zero-order valence-electron chi connectivity index (χ0n) is 15.0. The minimum atomic E-state index is -0.535. The second kappa shape index (κ2) is 7.03. The van der Waals surface area contributed by atoms with Crippen molar-refractivity contribution in [2.24, 2.45) is 0 Å². The van der Waals surface area contributed by atoms with E-state index >= 15 is 0 Å². The molecule has 0 unspecified atom stereocenters. The molecule has 0 saturated carbocycles. The van der Waals surface area contributed by atoms with Gasteiger partial charge in [-0.25, -0.2) is 9.78 Å². The Balaban J connectivity index is 1.53. The number of nitrogens with one attached hydrogen (secondary N) is 1. The number of aryl methyl sites for hydroxylation is 2. The Bertz CT molecular complexity index is 1090. The molecule has 0 amide bonds. The third kappa shape index (κ3) is 3.16. The molecule has 8 heteroatoms. The van der Waals surface area contributed by atoms with Crippen molar-refractivity contribution in [1.82, 2.24) is 9.97 Å². The molecule has 0 bridgehead atoms. The first-order valence-electron chi connectivity index (χ1n) is 8.53. The standard InChI is InChI=1S/C19H18N2O5S/c1-24-12-7-6-10(8-13(12)25-2)19(23)26-9-15-20-17(22)16-11-4-3-5-14(11)27-18(16)21-15/h6-8H,3-5,9H2,1-2H3,(H,20,21,22). The number of aromatic nitrogens is 2. The molecule has 1 aliphatic carbocycles. The highest BCUT2D eigenvalue weighted by molar-refractivity contribution is 7.18. The molecule has 4 rings (SSSR count). The van der Waals surface area contributed by atoms with E-state index in [0.29, 0.717) is 33.1 Å². The van der Waals surface area contributed by atoms with Gasteiger partial charge < -0.3 is 19.2 Å². The van der Waals surface area contributed by atoms with Crippen molar-refractivity contribution in [2.45, 2.75) is 25.9 Å². The van der Waals surface area contributed by atoms with Gasteiger partial charge in [-0.2, -0.15) is 0 Å². The lowest BCUT2D eigenvalue weighted by atomic mass is 10.2. The zero-order valence-corrected chi connectivity index (χ0v) is 15.8. The van der Waals surface area contributed by atoms with Crippen molar-refractivity contribution in [3.8, 4) is 11.5 Å². The summed E-state index contributed by atoms with van der Waals surface area (Å²) in [4.78, 5) is 33.9. The van der Waals surface area contributed by atoms with E-state index in [4.69, 9.17) is 14.2 Å². The highest BCUT2D eigenvalue weighted by atomic mass is 32.1. The normalized spacial score (nSPS) is 12.8. The van der Waals surface area contributed by atoms with E-state index in [1.165, 1.54) is 19.1 Å². The van der Waals surface area contributed by atoms with Gasteiger partial charge >= 0.3 is 5.97 Å². The lowest BCUT2D eigenvalue weighted by molar-refractivity contribution is 0.0462. The Kier molecular flexibility index (Phi) is 4.57. The van der Waals surface area contributed by atoms with Crippen LogP contribution >= 0.6 is 11.3 Å². The summed E-state index contributed by atoms with van der Waals surface area (Å²) in [6.07, 6.45) is 3.01. The topological polar surface area (TPSA) is 90.5 Å². The molecule has 1 aromatic carbocycles. The monoisotopic (exact) mass is 386 g/mol. The van der Waals surface area contributed by atoms with Gasteiger partial charge in [-0.3, -0.25) is 4.79 Å². The molecule has 2 aromatic heterocycles. The van der Waals surface area contributed by atoms with E-state index in [1.807, 2.05) is 0 Å². The van der Waals surface area contributed by atoms with Gasteiger partial charge in [-0.1, -0.05) is 0 Å². The quantitative estimate of drug-likeness (QED) is 0.678. The van der Waals surface area contributed by atoms with Gasteiger partial charge in [-0.05, 0) is 43.0 Å². The van der Waals surface area contributed by atoms with Gasteiger partial charge in [-0.15, -0.1) is 11.3 Å². The summed E-state index contributed by atoms with van der Waals surface area (Å²) < 4.78 is 15.7. The van der Waals surface area contributed by atoms with E-state index in [0.717, 1.165) is 24.8 Å². The number of methoxy groups -OCH3 is 2. The molecular weight excluding hydrogens is 368 g/mol. The highest BCUT2D eigenvalue weighted by Crippen LogP contribution is 2.34. The van der Waals surface area contributed by atoms with Crippen molar-refractivity contribution in [3.63, 3.8) is 0 Å². The van der Waals surface area contributed by atoms with Crippen LogP contribution in [0.1, 0.15) is 33.0 Å². The Morgan fingerprint density at radius 2 is 2.04 bits per heavy atom. The summed E-state index contributed by atoms with van der Waals surface area (Å²) in [6.45, 7) is -0.110. The molecule has 0 radical (unpaired) electrons. The van der Waals surface area contributed by atoms with Crippen LogP contribution in [0, 0.1) is 0 Å². The van der Waals surface area contributed by atoms with Gasteiger partial charge in [0.1, 0.15) is 17.3 Å². The summed E-state index contributed by atoms with van der Waals surface area (Å²) in [6, 6.07) is 4.77. The zero-order chi connectivity index (χ0) is 19.0. The first-order valence-corrected chi connectivity index (χ1v) is 9.35. The number of esters is 1. The van der Waals surface area contributed by atoms with E-state index in [1.54, 1.807) is 29.5 Å². The second-order valence-corrected chi connectivity index (χ2v) is 7.28. The molecule has 1 N–H and O–H groups in total. The molecular formula is C19H18N2O5S. The van der Waals surface area contributed by atoms with Gasteiger partial charge in [0.25, 0.3) is 5.56 Å². The lowest BCUT2D eigenvalue weighted by Crippen LogP contribution is -2.14. The van der Waals surface area contributed by atoms with Crippen molar-refractivity contribution in [1.29, 1.82) is 0 Å². The minimum absolute atomic E-state index is 0.110. The third-order valence-corrected chi connectivity index (χ3v) is 5.77. The van der Waals surface area contributed by atoms with Crippen LogP contribution in [-0.2, 0) is 24.2 Å². The largest absolute Gasteiger partial charge is 0.493 e. The number of rotatable bonds is 5. The number of benzene rings is 1. The van der Waals surface area contributed by atoms with Crippen LogP contribution in [0.15, 0.2) is 23.0 Å². The number of fused-ring (bicyclic) bond motifs is 3. The molecule has 3 aromatic rings. The van der Waals surface area contributed by atoms with E-state index in [-0.39, 0.29) is 12.2 Å². The fourth-order valence-electron chi connectivity index (χ4n) is 3.30. The van der Waals surface area contributed by atoms with E-state index in [9.17, 15) is 9.59 Å². The SMILES string of the molecule is COc1ccc(C(=O)OCc2nc3sc4c(c3c(=O)[nH]2)CCC4)cc1OC. The highest BCUT2D eigenvalue weighted by Gasteiger charge is 2.21. The fraction of sp³-hybridized carbons (Fsp3) is 0.316. The summed E-state index contributed by atoms with van der Waals surface area (Å²) >= 11 is 1.55. The maximum Gasteiger partial charge on any atom is 0.338 e. The number of ether oxygens (including phenoxy) is 3. The molecule has 2 heterocycles. The maximum absolute atomic E-state index is 12.4. The predicted molar refractivity (Wildman–Crippen MR) is 101 cm³/mol. The molecule has 0 saturated heterocycles. The number of hydrogen-bond donors (Lipinski definition) is 1. The van der Waals surface area contributed by atoms with Gasteiger partial charge in [0, 0.05) is 4.88 Å². The second-order valence-electron chi connectivity index (χ2n) is 6.20. The Morgan fingerprint density at radius 1 is 1.22 bits per heavy atom. The van der Waals surface area contributed by atoms with Crippen molar-refractivity contribution >= 4 is 27.5 Å². The Labute approximate surface area is 158 Å². The van der Waals surface area contributed by atoms with Crippen LogP contribution in [-0.4, -0.2) is 30.2 Å². The molecule has 7 nitrogen and oxygen atoms in total. The van der Waals surface area contributed by atoms with Crippen LogP contribution in [0.2, 0.25) is 0 Å².